The van der Waals surface area contributed by atoms with Gasteiger partial charge >= 0.3 is 0 Å². The highest BCUT2D eigenvalue weighted by atomic mass is 16.6. The molecule has 3 saturated heterocycles. The maximum Gasteiger partial charge on any atom is 0.0836 e. The van der Waals surface area contributed by atoms with Crippen molar-refractivity contribution < 1.29 is 14.2 Å². The largest absolute Gasteiger partial charge is 0.381 e. The predicted octanol–water partition coefficient (Wildman–Crippen LogP) is 3.25. The summed E-state index contributed by atoms with van der Waals surface area (Å²) >= 11 is 0. The number of benzene rings is 1. The van der Waals surface area contributed by atoms with Crippen molar-refractivity contribution >= 4 is 0 Å². The van der Waals surface area contributed by atoms with E-state index in [9.17, 15) is 0 Å². The summed E-state index contributed by atoms with van der Waals surface area (Å²) in [4.78, 5) is 2.56. The molecule has 1 atom stereocenters. The van der Waals surface area contributed by atoms with Gasteiger partial charge in [0.15, 0.2) is 0 Å². The maximum absolute atomic E-state index is 6.26. The number of ether oxygens (including phenoxy) is 3. The Hall–Kier alpha value is -0.940. The van der Waals surface area contributed by atoms with E-state index in [0.29, 0.717) is 12.0 Å². The minimum absolute atomic E-state index is 0.0769. The van der Waals surface area contributed by atoms with Crippen molar-refractivity contribution in [3.63, 3.8) is 0 Å². The van der Waals surface area contributed by atoms with Gasteiger partial charge in [-0.2, -0.15) is 0 Å². The van der Waals surface area contributed by atoms with Gasteiger partial charge in [-0.05, 0) is 37.2 Å². The van der Waals surface area contributed by atoms with E-state index < -0.39 is 0 Å². The van der Waals surface area contributed by atoms with Gasteiger partial charge in [0, 0.05) is 39.3 Å². The van der Waals surface area contributed by atoms with Gasteiger partial charge in [0.1, 0.15) is 0 Å². The number of hydrogen-bond acceptors (Lipinski definition) is 4. The van der Waals surface area contributed by atoms with Gasteiger partial charge < -0.3 is 14.2 Å². The topological polar surface area (TPSA) is 30.9 Å². The third-order valence-electron chi connectivity index (χ3n) is 6.10. The Morgan fingerprint density at radius 2 is 1.84 bits per heavy atom. The molecule has 4 nitrogen and oxygen atoms in total. The lowest BCUT2D eigenvalue weighted by atomic mass is 9.87. The highest BCUT2D eigenvalue weighted by Crippen LogP contribution is 2.37. The van der Waals surface area contributed by atoms with Gasteiger partial charge in [-0.1, -0.05) is 30.3 Å². The zero-order valence-corrected chi connectivity index (χ0v) is 15.2. The minimum Gasteiger partial charge on any atom is -0.381 e. The number of rotatable bonds is 5. The Morgan fingerprint density at radius 1 is 1.08 bits per heavy atom. The normalized spacial score (nSPS) is 27.8. The fourth-order valence-corrected chi connectivity index (χ4v) is 4.40. The smallest absolute Gasteiger partial charge is 0.0836 e. The zero-order chi connectivity index (χ0) is 17.0. The van der Waals surface area contributed by atoms with Crippen LogP contribution >= 0.6 is 0 Å². The summed E-state index contributed by atoms with van der Waals surface area (Å²) in [5.74, 6) is 0.679. The highest BCUT2D eigenvalue weighted by Gasteiger charge is 2.43. The van der Waals surface area contributed by atoms with Crippen LogP contribution < -0.4 is 0 Å². The van der Waals surface area contributed by atoms with Gasteiger partial charge in [-0.15, -0.1) is 0 Å². The molecular formula is C21H31NO3. The van der Waals surface area contributed by atoms with E-state index in [1.165, 1.54) is 5.56 Å². The van der Waals surface area contributed by atoms with Crippen molar-refractivity contribution in [3.8, 4) is 0 Å². The van der Waals surface area contributed by atoms with Gasteiger partial charge in [0.25, 0.3) is 0 Å². The molecule has 0 N–H and O–H groups in total. The van der Waals surface area contributed by atoms with Crippen LogP contribution in [0.1, 0.15) is 37.7 Å². The molecule has 1 unspecified atom stereocenters. The van der Waals surface area contributed by atoms with E-state index in [-0.39, 0.29) is 5.60 Å². The lowest BCUT2D eigenvalue weighted by Gasteiger charge is -2.38. The summed E-state index contributed by atoms with van der Waals surface area (Å²) in [6, 6.07) is 10.8. The zero-order valence-electron chi connectivity index (χ0n) is 15.2. The Morgan fingerprint density at radius 3 is 2.60 bits per heavy atom. The first kappa shape index (κ1) is 17.5. The first-order chi connectivity index (χ1) is 12.3. The molecule has 0 radical (unpaired) electrons. The molecule has 4 heteroatoms. The molecule has 3 aliphatic rings. The predicted molar refractivity (Wildman–Crippen MR) is 97.5 cm³/mol. The molecule has 4 rings (SSSR count). The number of likely N-dealkylation sites (tertiary alicyclic amines) is 1. The molecule has 1 aromatic rings. The quantitative estimate of drug-likeness (QED) is 0.820. The number of hydrogen-bond donors (Lipinski definition) is 0. The van der Waals surface area contributed by atoms with Gasteiger partial charge in [-0.3, -0.25) is 4.90 Å². The van der Waals surface area contributed by atoms with Crippen LogP contribution in [0.15, 0.2) is 30.3 Å². The van der Waals surface area contributed by atoms with Gasteiger partial charge in [-0.25, -0.2) is 0 Å². The molecule has 0 saturated carbocycles. The van der Waals surface area contributed by atoms with Crippen LogP contribution in [-0.4, -0.2) is 56.1 Å². The third kappa shape index (κ3) is 4.62. The second-order valence-electron chi connectivity index (χ2n) is 7.97. The maximum atomic E-state index is 6.26. The molecule has 3 aliphatic heterocycles. The van der Waals surface area contributed by atoms with Crippen molar-refractivity contribution in [1.29, 1.82) is 0 Å². The summed E-state index contributed by atoms with van der Waals surface area (Å²) in [7, 11) is 0. The van der Waals surface area contributed by atoms with Gasteiger partial charge in [0.2, 0.25) is 0 Å². The monoisotopic (exact) mass is 345 g/mol. The van der Waals surface area contributed by atoms with Crippen LogP contribution in [0.5, 0.6) is 0 Å². The van der Waals surface area contributed by atoms with Crippen molar-refractivity contribution in [1.82, 2.24) is 4.90 Å². The lowest BCUT2D eigenvalue weighted by molar-refractivity contribution is -0.0479. The fourth-order valence-electron chi connectivity index (χ4n) is 4.40. The molecule has 0 aromatic heterocycles. The van der Waals surface area contributed by atoms with Crippen LogP contribution in [0, 0.1) is 5.92 Å². The molecule has 3 heterocycles. The minimum atomic E-state index is 0.0769. The second kappa shape index (κ2) is 8.17. The van der Waals surface area contributed by atoms with E-state index in [1.807, 2.05) is 0 Å². The molecule has 0 amide bonds. The van der Waals surface area contributed by atoms with E-state index >= 15 is 0 Å². The fraction of sp³-hybridized carbons (Fsp3) is 0.714. The van der Waals surface area contributed by atoms with Crippen LogP contribution in [0.25, 0.3) is 0 Å². The standard InChI is InChI=1S/C21H31NO3/c1-2-4-18(5-3-1)15-22-10-8-21(9-11-22)14-20(17-25-21)24-16-19-6-12-23-13-7-19/h1-5,19-20H,6-17H2. The molecule has 1 spiro atoms. The summed E-state index contributed by atoms with van der Waals surface area (Å²) in [6.45, 7) is 6.77. The first-order valence-electron chi connectivity index (χ1n) is 9.91. The average molecular weight is 345 g/mol. The molecule has 25 heavy (non-hydrogen) atoms. The van der Waals surface area contributed by atoms with Crippen molar-refractivity contribution in [2.24, 2.45) is 5.92 Å². The van der Waals surface area contributed by atoms with Gasteiger partial charge in [0.05, 0.1) is 24.9 Å². The summed E-state index contributed by atoms with van der Waals surface area (Å²) in [6.07, 6.45) is 5.94. The number of piperidine rings is 1. The summed E-state index contributed by atoms with van der Waals surface area (Å²) in [5.41, 5.74) is 1.48. The summed E-state index contributed by atoms with van der Waals surface area (Å²) < 4.78 is 17.9. The molecule has 0 aliphatic carbocycles. The molecule has 138 valence electrons. The third-order valence-corrected chi connectivity index (χ3v) is 6.10. The van der Waals surface area contributed by atoms with Crippen molar-refractivity contribution in [2.45, 2.75) is 50.4 Å². The SMILES string of the molecule is c1ccc(CN2CCC3(CC2)CC(OCC2CCOCC2)CO3)cc1. The van der Waals surface area contributed by atoms with Crippen molar-refractivity contribution in [3.05, 3.63) is 35.9 Å². The molecular weight excluding hydrogens is 314 g/mol. The molecule has 1 aromatic carbocycles. The lowest BCUT2D eigenvalue weighted by Crippen LogP contribution is -2.44. The first-order valence-corrected chi connectivity index (χ1v) is 9.91. The number of nitrogens with zero attached hydrogens (tertiary/aromatic N) is 1. The van der Waals surface area contributed by atoms with Crippen molar-refractivity contribution in [2.75, 3.05) is 39.5 Å². The Bertz CT molecular complexity index is 521. The second-order valence-corrected chi connectivity index (χ2v) is 7.97. The molecule has 3 fully saturated rings. The average Bonchev–Trinajstić information content (AvgIpc) is 3.07. The molecule has 0 bridgehead atoms. The highest BCUT2D eigenvalue weighted by molar-refractivity contribution is 5.14. The van der Waals surface area contributed by atoms with Crippen LogP contribution in [0.3, 0.4) is 0 Å². The van der Waals surface area contributed by atoms with Crippen LogP contribution in [-0.2, 0) is 20.8 Å². The van der Waals surface area contributed by atoms with Crippen LogP contribution in [0.2, 0.25) is 0 Å². The Kier molecular flexibility index (Phi) is 5.71. The van der Waals surface area contributed by atoms with Crippen LogP contribution in [0.4, 0.5) is 0 Å². The summed E-state index contributed by atoms with van der Waals surface area (Å²) in [5, 5.41) is 0. The Balaban J connectivity index is 1.20. The van der Waals surface area contributed by atoms with E-state index in [2.05, 4.69) is 35.2 Å². The van der Waals surface area contributed by atoms with E-state index in [0.717, 1.165) is 78.2 Å². The van der Waals surface area contributed by atoms with E-state index in [4.69, 9.17) is 14.2 Å². The Labute approximate surface area is 151 Å². The van der Waals surface area contributed by atoms with E-state index in [1.54, 1.807) is 0 Å².